The first-order valence-corrected chi connectivity index (χ1v) is 10.0. The highest BCUT2D eigenvalue weighted by Crippen LogP contribution is 2.29. The van der Waals surface area contributed by atoms with Crippen molar-refractivity contribution < 1.29 is 9.59 Å². The number of nitrogens with one attached hydrogen (secondary N) is 2. The SMILES string of the molecule is Cc1ccc(NC(=O)C(=O)NC[C@@H](c2ccc3c(c2)CCCN3C)N(C)C)cc1. The van der Waals surface area contributed by atoms with E-state index in [1.165, 1.54) is 11.3 Å². The first-order valence-electron chi connectivity index (χ1n) is 10.0. The van der Waals surface area contributed by atoms with Crippen molar-refractivity contribution in [2.45, 2.75) is 25.8 Å². The summed E-state index contributed by atoms with van der Waals surface area (Å²) < 4.78 is 0. The van der Waals surface area contributed by atoms with E-state index in [0.29, 0.717) is 12.2 Å². The summed E-state index contributed by atoms with van der Waals surface area (Å²) in [6.45, 7) is 3.41. The van der Waals surface area contributed by atoms with E-state index in [-0.39, 0.29) is 6.04 Å². The topological polar surface area (TPSA) is 64.7 Å². The van der Waals surface area contributed by atoms with Crippen LogP contribution >= 0.6 is 0 Å². The number of anilines is 2. The van der Waals surface area contributed by atoms with Gasteiger partial charge in [0.05, 0.1) is 6.04 Å². The molecule has 1 aliphatic heterocycles. The summed E-state index contributed by atoms with van der Waals surface area (Å²) in [5.41, 5.74) is 5.46. The lowest BCUT2D eigenvalue weighted by Crippen LogP contribution is -2.40. The third-order valence-electron chi connectivity index (χ3n) is 5.43. The number of amides is 2. The quantitative estimate of drug-likeness (QED) is 0.766. The summed E-state index contributed by atoms with van der Waals surface area (Å²) in [6.07, 6.45) is 2.22. The molecule has 1 heterocycles. The van der Waals surface area contributed by atoms with Gasteiger partial charge < -0.3 is 20.4 Å². The minimum absolute atomic E-state index is 0.0105. The van der Waals surface area contributed by atoms with Gasteiger partial charge in [-0.1, -0.05) is 29.8 Å². The Balaban J connectivity index is 1.64. The summed E-state index contributed by atoms with van der Waals surface area (Å²) in [5, 5.41) is 5.42. The van der Waals surface area contributed by atoms with Gasteiger partial charge in [-0.05, 0) is 63.2 Å². The molecule has 1 aliphatic rings. The van der Waals surface area contributed by atoms with Crippen molar-refractivity contribution in [1.82, 2.24) is 10.2 Å². The lowest BCUT2D eigenvalue weighted by atomic mass is 9.96. The predicted octanol–water partition coefficient (Wildman–Crippen LogP) is 2.74. The van der Waals surface area contributed by atoms with Crippen LogP contribution in [0.1, 0.15) is 29.2 Å². The Labute approximate surface area is 172 Å². The molecule has 0 fully saturated rings. The third-order valence-corrected chi connectivity index (χ3v) is 5.43. The highest BCUT2D eigenvalue weighted by Gasteiger charge is 2.21. The van der Waals surface area contributed by atoms with Gasteiger partial charge >= 0.3 is 11.8 Å². The molecule has 3 rings (SSSR count). The Bertz CT molecular complexity index is 877. The largest absolute Gasteiger partial charge is 0.374 e. The molecule has 2 aromatic rings. The van der Waals surface area contributed by atoms with E-state index in [0.717, 1.165) is 30.5 Å². The zero-order chi connectivity index (χ0) is 21.0. The molecule has 0 aromatic heterocycles. The van der Waals surface area contributed by atoms with Crippen molar-refractivity contribution in [2.75, 3.05) is 44.4 Å². The van der Waals surface area contributed by atoms with E-state index in [1.54, 1.807) is 12.1 Å². The van der Waals surface area contributed by atoms with Crippen molar-refractivity contribution in [3.8, 4) is 0 Å². The van der Waals surface area contributed by atoms with Gasteiger partial charge in [-0.2, -0.15) is 0 Å². The summed E-state index contributed by atoms with van der Waals surface area (Å²) in [4.78, 5) is 28.8. The summed E-state index contributed by atoms with van der Waals surface area (Å²) >= 11 is 0. The molecule has 2 amide bonds. The van der Waals surface area contributed by atoms with Crippen molar-refractivity contribution >= 4 is 23.2 Å². The van der Waals surface area contributed by atoms with Gasteiger partial charge in [-0.15, -0.1) is 0 Å². The maximum atomic E-state index is 12.3. The monoisotopic (exact) mass is 394 g/mol. The Morgan fingerprint density at radius 1 is 1.10 bits per heavy atom. The fraction of sp³-hybridized carbons (Fsp3) is 0.391. The number of hydrogen-bond acceptors (Lipinski definition) is 4. The predicted molar refractivity (Wildman–Crippen MR) is 117 cm³/mol. The number of nitrogens with zero attached hydrogens (tertiary/aromatic N) is 2. The fourth-order valence-electron chi connectivity index (χ4n) is 3.71. The molecule has 29 heavy (non-hydrogen) atoms. The summed E-state index contributed by atoms with van der Waals surface area (Å²) in [6, 6.07) is 13.8. The van der Waals surface area contributed by atoms with E-state index < -0.39 is 11.8 Å². The minimum atomic E-state index is -0.654. The second-order valence-corrected chi connectivity index (χ2v) is 7.92. The first-order chi connectivity index (χ1) is 13.8. The number of likely N-dealkylation sites (N-methyl/N-ethyl adjacent to an activating group) is 1. The van der Waals surface area contributed by atoms with E-state index in [2.05, 4.69) is 45.7 Å². The van der Waals surface area contributed by atoms with Crippen molar-refractivity contribution in [2.24, 2.45) is 0 Å². The summed E-state index contributed by atoms with van der Waals surface area (Å²) in [5.74, 6) is -1.28. The molecule has 0 spiro atoms. The average molecular weight is 395 g/mol. The molecule has 2 N–H and O–H groups in total. The molecular weight excluding hydrogens is 364 g/mol. The van der Waals surface area contributed by atoms with Crippen molar-refractivity contribution in [3.63, 3.8) is 0 Å². The molecule has 2 aromatic carbocycles. The molecule has 0 unspecified atom stereocenters. The number of fused-ring (bicyclic) bond motifs is 1. The minimum Gasteiger partial charge on any atom is -0.374 e. The molecule has 0 bridgehead atoms. The first kappa shape index (κ1) is 20.9. The highest BCUT2D eigenvalue weighted by molar-refractivity contribution is 6.39. The molecule has 6 nitrogen and oxygen atoms in total. The average Bonchev–Trinajstić information content (AvgIpc) is 2.69. The second-order valence-electron chi connectivity index (χ2n) is 7.92. The Morgan fingerprint density at radius 2 is 1.83 bits per heavy atom. The van der Waals surface area contributed by atoms with Crippen LogP contribution < -0.4 is 15.5 Å². The van der Waals surface area contributed by atoms with Crippen molar-refractivity contribution in [3.05, 3.63) is 59.2 Å². The Kier molecular flexibility index (Phi) is 6.54. The van der Waals surface area contributed by atoms with Gasteiger partial charge in [0.1, 0.15) is 0 Å². The van der Waals surface area contributed by atoms with Gasteiger partial charge in [0, 0.05) is 31.5 Å². The van der Waals surface area contributed by atoms with Crippen LogP contribution in [0.3, 0.4) is 0 Å². The standard InChI is InChI=1S/C23H30N4O2/c1-16-7-10-19(11-8-16)25-23(29)22(28)24-15-21(26(2)3)18-9-12-20-17(14-18)6-5-13-27(20)4/h7-12,14,21H,5-6,13,15H2,1-4H3,(H,24,28)(H,25,29)/t21-/m0/s1. The van der Waals surface area contributed by atoms with Crippen LogP contribution in [0.15, 0.2) is 42.5 Å². The molecule has 0 saturated heterocycles. The molecule has 0 aliphatic carbocycles. The molecule has 6 heteroatoms. The number of carbonyl (C=O) groups excluding carboxylic acids is 2. The normalized spacial score (nSPS) is 14.3. The number of rotatable bonds is 5. The van der Waals surface area contributed by atoms with Gasteiger partial charge in [0.2, 0.25) is 0 Å². The van der Waals surface area contributed by atoms with Gasteiger partial charge in [0.15, 0.2) is 0 Å². The molecular formula is C23H30N4O2. The van der Waals surface area contributed by atoms with E-state index in [1.807, 2.05) is 33.2 Å². The Morgan fingerprint density at radius 3 is 2.52 bits per heavy atom. The number of hydrogen-bond donors (Lipinski definition) is 2. The number of benzene rings is 2. The molecule has 1 atom stereocenters. The fourth-order valence-corrected chi connectivity index (χ4v) is 3.71. The van der Waals surface area contributed by atoms with Crippen LogP contribution in [-0.2, 0) is 16.0 Å². The van der Waals surface area contributed by atoms with Crippen molar-refractivity contribution in [1.29, 1.82) is 0 Å². The third kappa shape index (κ3) is 5.15. The van der Waals surface area contributed by atoms with Gasteiger partial charge in [-0.3, -0.25) is 9.59 Å². The van der Waals surface area contributed by atoms with Crippen LogP contribution in [0.4, 0.5) is 11.4 Å². The van der Waals surface area contributed by atoms with Crippen LogP contribution in [-0.4, -0.2) is 50.9 Å². The highest BCUT2D eigenvalue weighted by atomic mass is 16.2. The van der Waals surface area contributed by atoms with Gasteiger partial charge in [-0.25, -0.2) is 0 Å². The maximum absolute atomic E-state index is 12.3. The van der Waals surface area contributed by atoms with Crippen LogP contribution in [0.25, 0.3) is 0 Å². The van der Waals surface area contributed by atoms with Crippen LogP contribution in [0, 0.1) is 6.92 Å². The van der Waals surface area contributed by atoms with E-state index >= 15 is 0 Å². The number of aryl methyl sites for hydroxylation is 2. The van der Waals surface area contributed by atoms with Crippen LogP contribution in [0.5, 0.6) is 0 Å². The Hall–Kier alpha value is -2.86. The van der Waals surface area contributed by atoms with E-state index in [9.17, 15) is 9.59 Å². The maximum Gasteiger partial charge on any atom is 0.313 e. The summed E-state index contributed by atoms with van der Waals surface area (Å²) in [7, 11) is 6.08. The molecule has 154 valence electrons. The number of carbonyl (C=O) groups is 2. The van der Waals surface area contributed by atoms with Crippen LogP contribution in [0.2, 0.25) is 0 Å². The lowest BCUT2D eigenvalue weighted by Gasteiger charge is -2.30. The zero-order valence-electron chi connectivity index (χ0n) is 17.7. The zero-order valence-corrected chi connectivity index (χ0v) is 17.7. The van der Waals surface area contributed by atoms with Gasteiger partial charge in [0.25, 0.3) is 0 Å². The smallest absolute Gasteiger partial charge is 0.313 e. The van der Waals surface area contributed by atoms with E-state index in [4.69, 9.17) is 0 Å². The lowest BCUT2D eigenvalue weighted by molar-refractivity contribution is -0.136. The molecule has 0 saturated carbocycles. The molecule has 0 radical (unpaired) electrons. The second kappa shape index (κ2) is 9.09.